The third-order valence-electron chi connectivity index (χ3n) is 10.7. The first-order valence-electron chi connectivity index (χ1n) is 20.4. The Labute approximate surface area is 345 Å². The Balaban J connectivity index is 0.936. The minimum absolute atomic E-state index is 0.191. The maximum absolute atomic E-state index is 13.0. The molecule has 1 saturated heterocycles. The number of nitrogens with one attached hydrogen (secondary N) is 5. The number of fused-ring (bicyclic) bond motifs is 1. The van der Waals surface area contributed by atoms with Crippen LogP contribution in [0.25, 0.3) is 0 Å². The summed E-state index contributed by atoms with van der Waals surface area (Å²) in [5.41, 5.74) is 5.23. The second-order valence-electron chi connectivity index (χ2n) is 14.9. The third kappa shape index (κ3) is 10.6. The highest BCUT2D eigenvalue weighted by atomic mass is 16.5. The SMILES string of the molecule is C=CCNC(=O)C1=C(Nc2ccc(CC)c([C@@H](O)CC)n2)NC(Nc2ccc(N(C)CCCCCCOc3ccc4c(c3)CN(C3CCC(=O)NC3=O)C4=O)cc2)N=C1. The Bertz CT molecular complexity index is 2080. The molecule has 4 amide bonds. The van der Waals surface area contributed by atoms with Crippen molar-refractivity contribution in [2.45, 2.75) is 90.2 Å². The molecule has 1 fully saturated rings. The van der Waals surface area contributed by atoms with E-state index in [4.69, 9.17) is 9.72 Å². The first-order valence-corrected chi connectivity index (χ1v) is 20.4. The summed E-state index contributed by atoms with van der Waals surface area (Å²) in [6, 6.07) is 16.7. The van der Waals surface area contributed by atoms with Crippen LogP contribution in [0.15, 0.2) is 83.6 Å². The molecule has 6 rings (SSSR count). The van der Waals surface area contributed by atoms with Crippen molar-refractivity contribution in [1.29, 1.82) is 0 Å². The van der Waals surface area contributed by atoms with Gasteiger partial charge in [-0.25, -0.2) is 9.98 Å². The Hall–Kier alpha value is -6.22. The summed E-state index contributed by atoms with van der Waals surface area (Å²) in [7, 11) is 2.08. The molecule has 3 aliphatic heterocycles. The van der Waals surface area contributed by atoms with Crippen molar-refractivity contribution in [2.24, 2.45) is 4.99 Å². The smallest absolute Gasteiger partial charge is 0.256 e. The van der Waals surface area contributed by atoms with E-state index in [0.717, 1.165) is 61.2 Å². The lowest BCUT2D eigenvalue weighted by Gasteiger charge is -2.29. The summed E-state index contributed by atoms with van der Waals surface area (Å²) >= 11 is 0. The first kappa shape index (κ1) is 42.4. The molecule has 0 bridgehead atoms. The number of amides is 4. The van der Waals surface area contributed by atoms with Crippen LogP contribution in [-0.2, 0) is 27.3 Å². The number of anilines is 3. The van der Waals surface area contributed by atoms with E-state index in [1.54, 1.807) is 23.1 Å². The van der Waals surface area contributed by atoms with Crippen molar-refractivity contribution >= 4 is 47.0 Å². The van der Waals surface area contributed by atoms with Crippen LogP contribution >= 0.6 is 0 Å². The molecule has 4 heterocycles. The van der Waals surface area contributed by atoms with Crippen molar-refractivity contribution < 1.29 is 29.0 Å². The van der Waals surface area contributed by atoms with Gasteiger partial charge in [-0.05, 0) is 91.8 Å². The van der Waals surface area contributed by atoms with Crippen molar-refractivity contribution in [3.05, 3.63) is 101 Å². The van der Waals surface area contributed by atoms with E-state index >= 15 is 0 Å². The molecule has 3 atom stereocenters. The van der Waals surface area contributed by atoms with Crippen molar-refractivity contribution in [2.75, 3.05) is 42.3 Å². The second kappa shape index (κ2) is 20.0. The van der Waals surface area contributed by atoms with Crippen LogP contribution in [0, 0.1) is 0 Å². The fraction of sp³-hybridized carbons (Fsp3) is 0.409. The highest BCUT2D eigenvalue weighted by molar-refractivity contribution is 6.13. The minimum Gasteiger partial charge on any atom is -0.494 e. The van der Waals surface area contributed by atoms with Gasteiger partial charge in [-0.2, -0.15) is 0 Å². The minimum atomic E-state index is -0.692. The number of aliphatic hydroxyl groups is 1. The number of benzene rings is 2. The van der Waals surface area contributed by atoms with Crippen LogP contribution in [0.1, 0.15) is 92.1 Å². The number of aromatic nitrogens is 1. The van der Waals surface area contributed by atoms with Gasteiger partial charge in [0.1, 0.15) is 23.4 Å². The molecule has 0 spiro atoms. The number of hydrogen-bond acceptors (Lipinski definition) is 12. The fourth-order valence-electron chi connectivity index (χ4n) is 7.29. The topological polar surface area (TPSA) is 190 Å². The van der Waals surface area contributed by atoms with Crippen molar-refractivity contribution in [1.82, 2.24) is 25.8 Å². The Morgan fingerprint density at radius 3 is 2.63 bits per heavy atom. The molecule has 312 valence electrons. The van der Waals surface area contributed by atoms with Crippen LogP contribution in [0.4, 0.5) is 17.2 Å². The number of aliphatic imine (C=N–C) groups is 1. The van der Waals surface area contributed by atoms with Crippen LogP contribution in [-0.4, -0.2) is 83.9 Å². The maximum atomic E-state index is 13.0. The molecular weight excluding hydrogens is 751 g/mol. The van der Waals surface area contributed by atoms with Gasteiger partial charge in [0.2, 0.25) is 11.8 Å². The average Bonchev–Trinajstić information content (AvgIpc) is 3.56. The van der Waals surface area contributed by atoms with E-state index < -0.39 is 24.3 Å². The summed E-state index contributed by atoms with van der Waals surface area (Å²) in [4.78, 5) is 62.9. The van der Waals surface area contributed by atoms with Gasteiger partial charge in [0.15, 0.2) is 6.29 Å². The number of aliphatic hydroxyl groups excluding tert-OH is 1. The molecular formula is C44H55N9O6. The molecule has 2 unspecified atom stereocenters. The Morgan fingerprint density at radius 2 is 1.88 bits per heavy atom. The zero-order valence-corrected chi connectivity index (χ0v) is 34.1. The molecule has 0 saturated carbocycles. The number of ether oxygens (including phenoxy) is 1. The molecule has 0 aliphatic carbocycles. The van der Waals surface area contributed by atoms with Gasteiger partial charge >= 0.3 is 0 Å². The van der Waals surface area contributed by atoms with Crippen molar-refractivity contribution in [3.63, 3.8) is 0 Å². The maximum Gasteiger partial charge on any atom is 0.256 e. The first-order chi connectivity index (χ1) is 28.6. The fourth-order valence-corrected chi connectivity index (χ4v) is 7.29. The van der Waals surface area contributed by atoms with Crippen LogP contribution in [0.5, 0.6) is 5.75 Å². The van der Waals surface area contributed by atoms with Gasteiger partial charge in [0.25, 0.3) is 11.8 Å². The van der Waals surface area contributed by atoms with Gasteiger partial charge < -0.3 is 40.9 Å². The zero-order chi connectivity index (χ0) is 41.9. The number of aryl methyl sites for hydroxylation is 1. The number of hydrogen-bond donors (Lipinski definition) is 6. The highest BCUT2D eigenvalue weighted by Gasteiger charge is 2.39. The zero-order valence-electron chi connectivity index (χ0n) is 34.1. The number of carbonyl (C=O) groups excluding carboxylic acids is 4. The number of carbonyl (C=O) groups is 4. The van der Waals surface area contributed by atoms with E-state index in [0.29, 0.717) is 66.8 Å². The lowest BCUT2D eigenvalue weighted by Crippen LogP contribution is -2.52. The number of unbranched alkanes of at least 4 members (excludes halogenated alkanes) is 3. The summed E-state index contributed by atoms with van der Waals surface area (Å²) < 4.78 is 6.01. The standard InChI is InChI=1S/C44H55N9O6/c1-5-22-45-41(56)34-26-46-44(51-40(34)49-37-20-12-28(6-2)39(48-37)36(54)7-3)47-30-13-15-31(16-14-30)52(4)23-10-8-9-11-24-59-32-17-18-33-29(25-32)27-53(43(33)58)35-19-21-38(55)50-42(35)57/h5,12-18,20,25-26,35-36,44,47,51,54H,1,6-11,19,21-24,27H2,2-4H3,(H,45,56)(H,48,49)(H,50,55,57)/t35?,36-,44?/m0/s1. The molecule has 3 aromatic rings. The number of pyridine rings is 1. The highest BCUT2D eigenvalue weighted by Crippen LogP contribution is 2.30. The number of nitrogens with zero attached hydrogens (tertiary/aromatic N) is 4. The monoisotopic (exact) mass is 805 g/mol. The van der Waals surface area contributed by atoms with Crippen LogP contribution < -0.4 is 36.2 Å². The quantitative estimate of drug-likeness (QED) is 0.0517. The largest absolute Gasteiger partial charge is 0.494 e. The summed E-state index contributed by atoms with van der Waals surface area (Å²) in [5, 5.41) is 25.7. The second-order valence-corrected chi connectivity index (χ2v) is 14.9. The molecule has 2 aromatic carbocycles. The van der Waals surface area contributed by atoms with E-state index in [-0.39, 0.29) is 24.1 Å². The summed E-state index contributed by atoms with van der Waals surface area (Å²) in [5.74, 6) is 0.395. The Kier molecular flexibility index (Phi) is 14.3. The van der Waals surface area contributed by atoms with Gasteiger partial charge in [-0.1, -0.05) is 38.8 Å². The predicted octanol–water partition coefficient (Wildman–Crippen LogP) is 4.92. The lowest BCUT2D eigenvalue weighted by molar-refractivity contribution is -0.137. The van der Waals surface area contributed by atoms with Gasteiger partial charge in [0.05, 0.1) is 24.0 Å². The van der Waals surface area contributed by atoms with Crippen LogP contribution in [0.2, 0.25) is 0 Å². The van der Waals surface area contributed by atoms with E-state index in [1.807, 2.05) is 44.2 Å². The third-order valence-corrected chi connectivity index (χ3v) is 10.7. The number of rotatable bonds is 20. The summed E-state index contributed by atoms with van der Waals surface area (Å²) in [6.07, 6.45) is 7.70. The molecule has 15 heteroatoms. The van der Waals surface area contributed by atoms with E-state index in [9.17, 15) is 24.3 Å². The molecule has 0 radical (unpaired) electrons. The molecule has 6 N–H and O–H groups in total. The average molecular weight is 806 g/mol. The molecule has 15 nitrogen and oxygen atoms in total. The summed E-state index contributed by atoms with van der Waals surface area (Å²) in [6.45, 7) is 9.70. The van der Waals surface area contributed by atoms with Gasteiger partial charge in [-0.15, -0.1) is 6.58 Å². The van der Waals surface area contributed by atoms with Gasteiger partial charge in [-0.3, -0.25) is 24.5 Å². The van der Waals surface area contributed by atoms with Crippen molar-refractivity contribution in [3.8, 4) is 5.75 Å². The lowest BCUT2D eigenvalue weighted by atomic mass is 10.0. The Morgan fingerprint density at radius 1 is 1.08 bits per heavy atom. The van der Waals surface area contributed by atoms with Gasteiger partial charge in [0, 0.05) is 56.3 Å². The van der Waals surface area contributed by atoms with Crippen LogP contribution in [0.3, 0.4) is 0 Å². The number of imide groups is 1. The van der Waals surface area contributed by atoms with E-state index in [1.165, 1.54) is 6.21 Å². The molecule has 1 aromatic heterocycles. The molecule has 59 heavy (non-hydrogen) atoms. The molecule has 3 aliphatic rings. The number of piperidine rings is 1. The normalized spacial score (nSPS) is 17.8. The predicted molar refractivity (Wildman–Crippen MR) is 228 cm³/mol. The van der Waals surface area contributed by atoms with E-state index in [2.05, 4.69) is 62.2 Å².